The molecule has 1 heterocycles. The van der Waals surface area contributed by atoms with E-state index in [-0.39, 0.29) is 17.8 Å². The normalized spacial score (nSPS) is 15.5. The van der Waals surface area contributed by atoms with Crippen molar-refractivity contribution in [3.05, 3.63) is 33.9 Å². The number of carboxylic acid groups (broad SMARTS) is 1. The zero-order chi connectivity index (χ0) is 15.4. The van der Waals surface area contributed by atoms with Crippen molar-refractivity contribution < 1.29 is 14.8 Å². The lowest BCUT2D eigenvalue weighted by Gasteiger charge is -2.35. The Hall–Kier alpha value is -2.66. The fourth-order valence-electron chi connectivity index (χ4n) is 2.32. The molecule has 0 saturated carbocycles. The fraction of sp³-hybridized carbons (Fsp3) is 0.385. The summed E-state index contributed by atoms with van der Waals surface area (Å²) in [6.07, 6.45) is 0. The van der Waals surface area contributed by atoms with Crippen LogP contribution in [0.3, 0.4) is 0 Å². The number of nitriles is 1. The molecule has 0 unspecified atom stereocenters. The first-order valence-corrected chi connectivity index (χ1v) is 6.39. The van der Waals surface area contributed by atoms with E-state index >= 15 is 0 Å². The number of aliphatic carboxylic acids is 1. The number of nitro groups is 1. The van der Waals surface area contributed by atoms with Crippen molar-refractivity contribution in [1.29, 1.82) is 5.26 Å². The molecule has 1 aliphatic heterocycles. The second kappa shape index (κ2) is 6.19. The number of benzene rings is 1. The van der Waals surface area contributed by atoms with E-state index < -0.39 is 10.9 Å². The van der Waals surface area contributed by atoms with Crippen LogP contribution >= 0.6 is 0 Å². The first-order chi connectivity index (χ1) is 10.0. The van der Waals surface area contributed by atoms with E-state index in [2.05, 4.69) is 0 Å². The summed E-state index contributed by atoms with van der Waals surface area (Å²) in [7, 11) is 0. The minimum Gasteiger partial charge on any atom is -0.480 e. The average Bonchev–Trinajstić information content (AvgIpc) is 2.46. The summed E-state index contributed by atoms with van der Waals surface area (Å²) in [6.45, 7) is 2.36. The first kappa shape index (κ1) is 14.7. The Morgan fingerprint density at radius 3 is 2.57 bits per heavy atom. The molecule has 1 N–H and O–H groups in total. The van der Waals surface area contributed by atoms with Gasteiger partial charge in [-0.3, -0.25) is 19.8 Å². The van der Waals surface area contributed by atoms with E-state index in [9.17, 15) is 14.9 Å². The largest absolute Gasteiger partial charge is 0.480 e. The Morgan fingerprint density at radius 1 is 1.38 bits per heavy atom. The van der Waals surface area contributed by atoms with E-state index in [4.69, 9.17) is 10.4 Å². The van der Waals surface area contributed by atoms with E-state index in [1.807, 2.05) is 9.80 Å². The third-order valence-electron chi connectivity index (χ3n) is 3.39. The number of anilines is 1. The van der Waals surface area contributed by atoms with Crippen LogP contribution in [-0.2, 0) is 4.79 Å². The van der Waals surface area contributed by atoms with Gasteiger partial charge in [-0.15, -0.1) is 0 Å². The molecule has 0 spiro atoms. The van der Waals surface area contributed by atoms with Crippen LogP contribution in [0.15, 0.2) is 18.2 Å². The Kier molecular flexibility index (Phi) is 4.35. The van der Waals surface area contributed by atoms with Gasteiger partial charge in [0.25, 0.3) is 5.69 Å². The molecule has 1 aliphatic rings. The molecular formula is C13H14N4O4. The molecule has 0 aliphatic carbocycles. The number of hydrogen-bond donors (Lipinski definition) is 1. The van der Waals surface area contributed by atoms with Gasteiger partial charge in [0.05, 0.1) is 11.5 Å². The zero-order valence-electron chi connectivity index (χ0n) is 11.2. The molecule has 0 aromatic heterocycles. The highest BCUT2D eigenvalue weighted by molar-refractivity contribution is 5.69. The number of hydrogen-bond acceptors (Lipinski definition) is 6. The van der Waals surface area contributed by atoms with Crippen molar-refractivity contribution >= 4 is 17.3 Å². The molecule has 2 rings (SSSR count). The second-order valence-electron chi connectivity index (χ2n) is 4.73. The maximum absolute atomic E-state index is 11.0. The van der Waals surface area contributed by atoms with Gasteiger partial charge in [0.2, 0.25) is 0 Å². The molecule has 8 heteroatoms. The molecule has 110 valence electrons. The van der Waals surface area contributed by atoms with E-state index in [1.165, 1.54) is 12.1 Å². The molecule has 0 amide bonds. The van der Waals surface area contributed by atoms with Crippen LogP contribution in [0, 0.1) is 21.4 Å². The predicted octanol–water partition coefficient (Wildman–Crippen LogP) is 0.673. The number of piperazine rings is 1. The molecular weight excluding hydrogens is 276 g/mol. The maximum Gasteiger partial charge on any atom is 0.317 e. The lowest BCUT2D eigenvalue weighted by Crippen LogP contribution is -2.48. The van der Waals surface area contributed by atoms with Gasteiger partial charge < -0.3 is 10.0 Å². The third-order valence-corrected chi connectivity index (χ3v) is 3.39. The Morgan fingerprint density at radius 2 is 2.05 bits per heavy atom. The lowest BCUT2D eigenvalue weighted by molar-refractivity contribution is -0.385. The Labute approximate surface area is 121 Å². The number of nitrogens with zero attached hydrogens (tertiary/aromatic N) is 4. The summed E-state index contributed by atoms with van der Waals surface area (Å²) in [5.74, 6) is -0.863. The summed E-state index contributed by atoms with van der Waals surface area (Å²) in [4.78, 5) is 24.8. The second-order valence-corrected chi connectivity index (χ2v) is 4.73. The van der Waals surface area contributed by atoms with E-state index in [1.54, 1.807) is 12.1 Å². The average molecular weight is 290 g/mol. The van der Waals surface area contributed by atoms with Gasteiger partial charge >= 0.3 is 5.97 Å². The van der Waals surface area contributed by atoms with Gasteiger partial charge in [-0.25, -0.2) is 0 Å². The highest BCUT2D eigenvalue weighted by Gasteiger charge is 2.21. The van der Waals surface area contributed by atoms with Gasteiger partial charge in [-0.1, -0.05) is 0 Å². The molecule has 0 radical (unpaired) electrons. The molecule has 1 saturated heterocycles. The topological polar surface area (TPSA) is 111 Å². The van der Waals surface area contributed by atoms with E-state index in [0.29, 0.717) is 31.9 Å². The molecule has 8 nitrogen and oxygen atoms in total. The Balaban J connectivity index is 2.10. The molecule has 1 fully saturated rings. The highest BCUT2D eigenvalue weighted by Crippen LogP contribution is 2.25. The highest BCUT2D eigenvalue weighted by atomic mass is 16.6. The Bertz CT molecular complexity index is 603. The third kappa shape index (κ3) is 3.46. The summed E-state index contributed by atoms with van der Waals surface area (Å²) >= 11 is 0. The molecule has 1 aromatic carbocycles. The summed E-state index contributed by atoms with van der Waals surface area (Å²) in [5, 5.41) is 28.6. The van der Waals surface area contributed by atoms with E-state index in [0.717, 1.165) is 0 Å². The molecule has 1 aromatic rings. The monoisotopic (exact) mass is 290 g/mol. The van der Waals surface area contributed by atoms with Gasteiger partial charge in [0.15, 0.2) is 0 Å². The van der Waals surface area contributed by atoms with Crippen LogP contribution in [-0.4, -0.2) is 53.6 Å². The van der Waals surface area contributed by atoms with Crippen molar-refractivity contribution in [3.63, 3.8) is 0 Å². The van der Waals surface area contributed by atoms with Crippen LogP contribution in [0.1, 0.15) is 5.56 Å². The smallest absolute Gasteiger partial charge is 0.317 e. The van der Waals surface area contributed by atoms with Crippen molar-refractivity contribution in [2.45, 2.75) is 0 Å². The van der Waals surface area contributed by atoms with Crippen LogP contribution in [0.4, 0.5) is 11.4 Å². The standard InChI is InChI=1S/C13H14N4O4/c14-8-10-1-2-11(7-12(10)17(20)21)16-5-3-15(4-6-16)9-13(18)19/h1-2,7H,3-6,9H2,(H,18,19). The van der Waals surface area contributed by atoms with Crippen LogP contribution in [0.5, 0.6) is 0 Å². The van der Waals surface area contributed by atoms with Gasteiger partial charge in [-0.2, -0.15) is 5.26 Å². The molecule has 21 heavy (non-hydrogen) atoms. The van der Waals surface area contributed by atoms with Crippen molar-refractivity contribution in [2.24, 2.45) is 0 Å². The van der Waals surface area contributed by atoms with Crippen LogP contribution in [0.25, 0.3) is 0 Å². The van der Waals surface area contributed by atoms with Crippen molar-refractivity contribution in [1.82, 2.24) is 4.90 Å². The number of nitro benzene ring substituents is 1. The first-order valence-electron chi connectivity index (χ1n) is 6.39. The quantitative estimate of drug-likeness (QED) is 0.641. The van der Waals surface area contributed by atoms with Crippen molar-refractivity contribution in [3.8, 4) is 6.07 Å². The fourth-order valence-corrected chi connectivity index (χ4v) is 2.32. The summed E-state index contributed by atoms with van der Waals surface area (Å²) in [6, 6.07) is 6.32. The SMILES string of the molecule is N#Cc1ccc(N2CCN(CC(=O)O)CC2)cc1[N+](=O)[O-]. The van der Waals surface area contributed by atoms with Gasteiger partial charge in [0.1, 0.15) is 11.6 Å². The predicted molar refractivity (Wildman–Crippen MR) is 74.1 cm³/mol. The van der Waals surface area contributed by atoms with Gasteiger partial charge in [-0.05, 0) is 12.1 Å². The number of carbonyl (C=O) groups is 1. The van der Waals surface area contributed by atoms with Crippen LogP contribution < -0.4 is 4.90 Å². The van der Waals surface area contributed by atoms with Crippen molar-refractivity contribution in [2.75, 3.05) is 37.6 Å². The lowest BCUT2D eigenvalue weighted by atomic mass is 10.1. The molecule has 0 bridgehead atoms. The number of rotatable bonds is 4. The molecule has 0 atom stereocenters. The minimum absolute atomic E-state index is 0.00135. The van der Waals surface area contributed by atoms with Gasteiger partial charge in [0, 0.05) is 37.9 Å². The van der Waals surface area contributed by atoms with Crippen LogP contribution in [0.2, 0.25) is 0 Å². The summed E-state index contributed by atoms with van der Waals surface area (Å²) in [5.41, 5.74) is 0.506. The minimum atomic E-state index is -0.863. The zero-order valence-corrected chi connectivity index (χ0v) is 11.2. The number of carboxylic acids is 1. The maximum atomic E-state index is 11.0. The summed E-state index contributed by atoms with van der Waals surface area (Å²) < 4.78 is 0.